The van der Waals surface area contributed by atoms with Gasteiger partial charge in [0.15, 0.2) is 11.6 Å². The molecule has 0 aliphatic carbocycles. The number of hydrogen-bond acceptors (Lipinski definition) is 4. The molecule has 28 heavy (non-hydrogen) atoms. The highest BCUT2D eigenvalue weighted by molar-refractivity contribution is 5.94. The summed E-state index contributed by atoms with van der Waals surface area (Å²) in [5, 5.41) is 4.78. The second-order valence-electron chi connectivity index (χ2n) is 6.00. The third-order valence-electron chi connectivity index (χ3n) is 3.60. The number of hydrogen-bond donors (Lipinski definition) is 2. The molecule has 0 aliphatic heterocycles. The van der Waals surface area contributed by atoms with Crippen LogP contribution in [-0.4, -0.2) is 50.0 Å². The third kappa shape index (κ3) is 7.28. The Bertz CT molecular complexity index is 833. The Kier molecular flexibility index (Phi) is 7.82. The van der Waals surface area contributed by atoms with E-state index in [1.165, 1.54) is 24.3 Å². The molecular formula is C19H20F3N3O3. The number of rotatable bonds is 9. The average Bonchev–Trinajstić information content (AvgIpc) is 2.63. The van der Waals surface area contributed by atoms with Crippen LogP contribution in [0.25, 0.3) is 0 Å². The molecule has 0 atom stereocenters. The van der Waals surface area contributed by atoms with Crippen molar-refractivity contribution < 1.29 is 27.5 Å². The largest absolute Gasteiger partial charge is 0.492 e. The minimum atomic E-state index is -1.08. The molecule has 0 saturated heterocycles. The number of benzene rings is 2. The summed E-state index contributed by atoms with van der Waals surface area (Å²) < 4.78 is 44.4. The molecule has 2 N–H and O–H groups in total. The van der Waals surface area contributed by atoms with Crippen LogP contribution in [-0.2, 0) is 9.59 Å². The normalized spacial score (nSPS) is 10.6. The molecule has 0 unspecified atom stereocenters. The SMILES string of the molecule is CN(CCOc1cccc(F)c1)CC(=O)NCC(=O)Nc1ccc(F)c(F)c1. The molecule has 2 aromatic carbocycles. The number of anilines is 1. The van der Waals surface area contributed by atoms with Crippen molar-refractivity contribution in [1.29, 1.82) is 0 Å². The first-order valence-corrected chi connectivity index (χ1v) is 8.42. The fourth-order valence-corrected chi connectivity index (χ4v) is 2.21. The minimum absolute atomic E-state index is 0.0188. The Labute approximate surface area is 160 Å². The van der Waals surface area contributed by atoms with Crippen molar-refractivity contribution in [3.8, 4) is 5.75 Å². The predicted molar refractivity (Wildman–Crippen MR) is 97.4 cm³/mol. The summed E-state index contributed by atoms with van der Waals surface area (Å²) in [6.07, 6.45) is 0. The van der Waals surface area contributed by atoms with Crippen LogP contribution in [0.4, 0.5) is 18.9 Å². The van der Waals surface area contributed by atoms with Gasteiger partial charge in [0.2, 0.25) is 11.8 Å². The lowest BCUT2D eigenvalue weighted by Crippen LogP contribution is -2.40. The van der Waals surface area contributed by atoms with E-state index in [-0.39, 0.29) is 25.4 Å². The Hall–Kier alpha value is -3.07. The molecule has 0 heterocycles. The second-order valence-corrected chi connectivity index (χ2v) is 6.00. The first kappa shape index (κ1) is 21.2. The number of likely N-dealkylation sites (N-methyl/N-ethyl adjacent to an activating group) is 1. The molecule has 150 valence electrons. The van der Waals surface area contributed by atoms with Crippen LogP contribution in [0.3, 0.4) is 0 Å². The Morgan fingerprint density at radius 3 is 2.54 bits per heavy atom. The van der Waals surface area contributed by atoms with Gasteiger partial charge in [-0.1, -0.05) is 6.07 Å². The second kappa shape index (κ2) is 10.3. The Balaban J connectivity index is 1.65. The zero-order valence-electron chi connectivity index (χ0n) is 15.2. The summed E-state index contributed by atoms with van der Waals surface area (Å²) in [5.74, 6) is -3.07. The molecule has 0 saturated carbocycles. The molecule has 2 amide bonds. The molecule has 6 nitrogen and oxygen atoms in total. The Morgan fingerprint density at radius 2 is 1.82 bits per heavy atom. The van der Waals surface area contributed by atoms with Crippen LogP contribution in [0.2, 0.25) is 0 Å². The van der Waals surface area contributed by atoms with Gasteiger partial charge in [0.1, 0.15) is 18.2 Å². The quantitative estimate of drug-likeness (QED) is 0.683. The van der Waals surface area contributed by atoms with E-state index in [9.17, 15) is 22.8 Å². The smallest absolute Gasteiger partial charge is 0.243 e. The van der Waals surface area contributed by atoms with E-state index in [0.717, 1.165) is 12.1 Å². The summed E-state index contributed by atoms with van der Waals surface area (Å²) in [6.45, 7) is 0.366. The summed E-state index contributed by atoms with van der Waals surface area (Å²) in [5.41, 5.74) is 0.0877. The molecule has 0 radical (unpaired) electrons. The molecule has 2 rings (SSSR count). The zero-order chi connectivity index (χ0) is 20.5. The van der Waals surface area contributed by atoms with Crippen molar-refractivity contribution in [3.05, 3.63) is 59.9 Å². The monoisotopic (exact) mass is 395 g/mol. The van der Waals surface area contributed by atoms with Crippen molar-refractivity contribution in [2.45, 2.75) is 0 Å². The van der Waals surface area contributed by atoms with Gasteiger partial charge in [-0.15, -0.1) is 0 Å². The number of ether oxygens (including phenoxy) is 1. The molecule has 2 aromatic rings. The van der Waals surface area contributed by atoms with Gasteiger partial charge >= 0.3 is 0 Å². The number of carbonyl (C=O) groups excluding carboxylic acids is 2. The highest BCUT2D eigenvalue weighted by Gasteiger charge is 2.10. The van der Waals surface area contributed by atoms with E-state index >= 15 is 0 Å². The van der Waals surface area contributed by atoms with Gasteiger partial charge in [-0.05, 0) is 31.3 Å². The van der Waals surface area contributed by atoms with Crippen molar-refractivity contribution in [3.63, 3.8) is 0 Å². The van der Waals surface area contributed by atoms with E-state index in [0.29, 0.717) is 12.3 Å². The van der Waals surface area contributed by atoms with Crippen LogP contribution >= 0.6 is 0 Å². The fraction of sp³-hybridized carbons (Fsp3) is 0.263. The number of halogens is 3. The number of nitrogens with one attached hydrogen (secondary N) is 2. The standard InChI is InChI=1S/C19H20F3N3O3/c1-25(7-8-28-15-4-2-3-13(20)9-15)12-19(27)23-11-18(26)24-14-5-6-16(21)17(22)10-14/h2-6,9-10H,7-8,11-12H2,1H3,(H,23,27)(H,24,26). The van der Waals surface area contributed by atoms with E-state index in [1.54, 1.807) is 18.0 Å². The topological polar surface area (TPSA) is 70.7 Å². The summed E-state index contributed by atoms with van der Waals surface area (Å²) >= 11 is 0. The summed E-state index contributed by atoms with van der Waals surface area (Å²) in [4.78, 5) is 25.3. The van der Waals surface area contributed by atoms with E-state index in [4.69, 9.17) is 4.74 Å². The maximum atomic E-state index is 13.1. The maximum absolute atomic E-state index is 13.1. The first-order valence-electron chi connectivity index (χ1n) is 8.42. The molecule has 0 bridgehead atoms. The van der Waals surface area contributed by atoms with Crippen LogP contribution in [0.15, 0.2) is 42.5 Å². The molecule has 9 heteroatoms. The van der Waals surface area contributed by atoms with E-state index < -0.39 is 29.3 Å². The lowest BCUT2D eigenvalue weighted by atomic mass is 10.3. The maximum Gasteiger partial charge on any atom is 0.243 e. The minimum Gasteiger partial charge on any atom is -0.492 e. The van der Waals surface area contributed by atoms with Gasteiger partial charge in [-0.25, -0.2) is 13.2 Å². The average molecular weight is 395 g/mol. The van der Waals surface area contributed by atoms with Gasteiger partial charge in [0.05, 0.1) is 13.1 Å². The van der Waals surface area contributed by atoms with E-state index in [1.807, 2.05) is 0 Å². The van der Waals surface area contributed by atoms with Crippen molar-refractivity contribution in [1.82, 2.24) is 10.2 Å². The first-order chi connectivity index (χ1) is 13.3. The third-order valence-corrected chi connectivity index (χ3v) is 3.60. The highest BCUT2D eigenvalue weighted by Crippen LogP contribution is 2.13. The van der Waals surface area contributed by atoms with Crippen molar-refractivity contribution in [2.75, 3.05) is 38.6 Å². The predicted octanol–water partition coefficient (Wildman–Crippen LogP) is 2.17. The molecule has 0 spiro atoms. The van der Waals surface area contributed by atoms with Crippen LogP contribution < -0.4 is 15.4 Å². The number of carbonyl (C=O) groups is 2. The van der Waals surface area contributed by atoms with Crippen LogP contribution in [0, 0.1) is 17.5 Å². The molecule has 0 aromatic heterocycles. The number of nitrogens with zero attached hydrogens (tertiary/aromatic N) is 1. The fourth-order valence-electron chi connectivity index (χ4n) is 2.21. The van der Waals surface area contributed by atoms with Gasteiger partial charge < -0.3 is 15.4 Å². The van der Waals surface area contributed by atoms with Gasteiger partial charge in [0, 0.05) is 24.4 Å². The lowest BCUT2D eigenvalue weighted by Gasteiger charge is -2.16. The van der Waals surface area contributed by atoms with Gasteiger partial charge in [-0.2, -0.15) is 0 Å². The Morgan fingerprint density at radius 1 is 1.04 bits per heavy atom. The highest BCUT2D eigenvalue weighted by atomic mass is 19.2. The summed E-state index contributed by atoms with van der Waals surface area (Å²) in [6, 6.07) is 8.69. The lowest BCUT2D eigenvalue weighted by molar-refractivity contribution is -0.124. The van der Waals surface area contributed by atoms with Crippen LogP contribution in [0.5, 0.6) is 5.75 Å². The van der Waals surface area contributed by atoms with E-state index in [2.05, 4.69) is 10.6 Å². The molecular weight excluding hydrogens is 375 g/mol. The van der Waals surface area contributed by atoms with Crippen molar-refractivity contribution in [2.24, 2.45) is 0 Å². The zero-order valence-corrected chi connectivity index (χ0v) is 15.2. The molecule has 0 aliphatic rings. The van der Waals surface area contributed by atoms with Crippen molar-refractivity contribution >= 4 is 17.5 Å². The molecule has 0 fully saturated rings. The van der Waals surface area contributed by atoms with Gasteiger partial charge in [0.25, 0.3) is 0 Å². The number of amides is 2. The van der Waals surface area contributed by atoms with Crippen LogP contribution in [0.1, 0.15) is 0 Å². The van der Waals surface area contributed by atoms with Gasteiger partial charge in [-0.3, -0.25) is 14.5 Å². The summed E-state index contributed by atoms with van der Waals surface area (Å²) in [7, 11) is 1.69.